The zero-order chi connectivity index (χ0) is 31.9. The van der Waals surface area contributed by atoms with Gasteiger partial charge in [0.1, 0.15) is 18.3 Å². The van der Waals surface area contributed by atoms with Crippen LogP contribution in [0.1, 0.15) is 22.3 Å². The fourth-order valence-corrected chi connectivity index (χ4v) is 6.53. The van der Waals surface area contributed by atoms with E-state index in [4.69, 9.17) is 16.3 Å². The number of carbonyl (C=O) groups is 2. The van der Waals surface area contributed by atoms with Crippen LogP contribution in [-0.4, -0.2) is 51.9 Å². The molecule has 4 aromatic carbocycles. The number of hydrogen-bond acceptors (Lipinski definition) is 5. The molecule has 0 aliphatic rings. The number of sulfonamides is 1. The maximum absolute atomic E-state index is 14.4. The molecule has 0 aliphatic carbocycles. The first-order chi connectivity index (χ1) is 21.0. The lowest BCUT2D eigenvalue weighted by atomic mass is 10.0. The summed E-state index contributed by atoms with van der Waals surface area (Å²) < 4.78 is 34.6. The predicted molar refractivity (Wildman–Crippen MR) is 173 cm³/mol. The van der Waals surface area contributed by atoms with Crippen molar-refractivity contribution in [2.24, 2.45) is 0 Å². The Balaban J connectivity index is 1.82. The number of carbonyl (C=O) groups excluding carboxylic acids is 2. The van der Waals surface area contributed by atoms with Gasteiger partial charge in [0.2, 0.25) is 11.8 Å². The molecule has 0 saturated carbocycles. The molecule has 1 unspecified atom stereocenters. The van der Waals surface area contributed by atoms with E-state index in [1.807, 2.05) is 68.4 Å². The van der Waals surface area contributed by atoms with Gasteiger partial charge in [-0.25, -0.2) is 8.42 Å². The van der Waals surface area contributed by atoms with Gasteiger partial charge in [-0.15, -0.1) is 0 Å². The Labute approximate surface area is 264 Å². The minimum atomic E-state index is -4.24. The quantitative estimate of drug-likeness (QED) is 0.221. The van der Waals surface area contributed by atoms with Crippen molar-refractivity contribution >= 4 is 39.1 Å². The van der Waals surface area contributed by atoms with Crippen molar-refractivity contribution < 1.29 is 22.7 Å². The molecular weight excluding hydrogens is 598 g/mol. The van der Waals surface area contributed by atoms with Crippen LogP contribution in [0.15, 0.2) is 102 Å². The van der Waals surface area contributed by atoms with Crippen LogP contribution >= 0.6 is 11.6 Å². The van der Waals surface area contributed by atoms with Gasteiger partial charge in [-0.05, 0) is 60.9 Å². The lowest BCUT2D eigenvalue weighted by Gasteiger charge is -2.34. The first kappa shape index (κ1) is 32.6. The monoisotopic (exact) mass is 633 g/mol. The van der Waals surface area contributed by atoms with Crippen LogP contribution < -0.4 is 14.4 Å². The molecule has 1 N–H and O–H groups in total. The van der Waals surface area contributed by atoms with Crippen molar-refractivity contribution in [2.75, 3.05) is 25.0 Å². The van der Waals surface area contributed by atoms with Crippen LogP contribution in [0.4, 0.5) is 5.69 Å². The Bertz CT molecular complexity index is 1710. The van der Waals surface area contributed by atoms with Gasteiger partial charge in [-0.3, -0.25) is 13.9 Å². The fraction of sp³-hybridized carbons (Fsp3) is 0.235. The normalized spacial score (nSPS) is 11.8. The number of aryl methyl sites for hydroxylation is 2. The number of nitrogens with zero attached hydrogens (tertiary/aromatic N) is 2. The van der Waals surface area contributed by atoms with Crippen LogP contribution in [0.3, 0.4) is 0 Å². The highest BCUT2D eigenvalue weighted by molar-refractivity contribution is 7.92. The first-order valence-corrected chi connectivity index (χ1v) is 15.9. The number of likely N-dealkylation sites (N-methyl/N-ethyl adjacent to an activating group) is 1. The van der Waals surface area contributed by atoms with Gasteiger partial charge < -0.3 is 15.0 Å². The van der Waals surface area contributed by atoms with Gasteiger partial charge in [0, 0.05) is 20.0 Å². The summed E-state index contributed by atoms with van der Waals surface area (Å²) in [6, 6.07) is 27.0. The molecule has 0 spiro atoms. The van der Waals surface area contributed by atoms with Crippen molar-refractivity contribution in [3.05, 3.63) is 124 Å². The molecule has 0 saturated heterocycles. The highest BCUT2D eigenvalue weighted by Gasteiger charge is 2.34. The highest BCUT2D eigenvalue weighted by atomic mass is 35.5. The average molecular weight is 634 g/mol. The van der Waals surface area contributed by atoms with E-state index < -0.39 is 28.5 Å². The standard InChI is InChI=1S/C34H36ClN3O5S/c1-24-14-17-29(18-15-24)44(41,42)38(28-16-19-32(43-4)30(35)21-28)23-33(39)37(22-27-13-9-8-10-25(27)2)31(34(40)36-3)20-26-11-6-5-7-12-26/h5-19,21,31H,20,22-23H2,1-4H3,(H,36,40). The number of benzene rings is 4. The Morgan fingerprint density at radius 1 is 0.909 bits per heavy atom. The van der Waals surface area contributed by atoms with E-state index in [2.05, 4.69) is 5.32 Å². The number of rotatable bonds is 12. The molecule has 1 atom stereocenters. The Hall–Kier alpha value is -4.34. The molecule has 0 radical (unpaired) electrons. The van der Waals surface area contributed by atoms with Crippen LogP contribution in [0.2, 0.25) is 5.02 Å². The molecule has 8 nitrogen and oxygen atoms in total. The maximum atomic E-state index is 14.4. The summed E-state index contributed by atoms with van der Waals surface area (Å²) >= 11 is 6.42. The number of halogens is 1. The molecule has 0 bridgehead atoms. The van der Waals surface area contributed by atoms with Crippen molar-refractivity contribution in [1.29, 1.82) is 0 Å². The molecule has 4 rings (SSSR count). The number of hydrogen-bond donors (Lipinski definition) is 1. The SMILES string of the molecule is CNC(=O)C(Cc1ccccc1)N(Cc1ccccc1C)C(=O)CN(c1ccc(OC)c(Cl)c1)S(=O)(=O)c1ccc(C)cc1. The summed E-state index contributed by atoms with van der Waals surface area (Å²) in [6.45, 7) is 3.30. The van der Waals surface area contributed by atoms with E-state index in [1.54, 1.807) is 18.2 Å². The van der Waals surface area contributed by atoms with E-state index in [0.29, 0.717) is 5.75 Å². The van der Waals surface area contributed by atoms with E-state index in [-0.39, 0.29) is 34.5 Å². The second-order valence-corrected chi connectivity index (χ2v) is 12.7. The third-order valence-corrected chi connectivity index (χ3v) is 9.51. The minimum absolute atomic E-state index is 0.0143. The zero-order valence-electron chi connectivity index (χ0n) is 25.2. The molecule has 0 aromatic heterocycles. The third-order valence-electron chi connectivity index (χ3n) is 7.43. The Morgan fingerprint density at radius 3 is 2.18 bits per heavy atom. The highest BCUT2D eigenvalue weighted by Crippen LogP contribution is 2.32. The average Bonchev–Trinajstić information content (AvgIpc) is 3.02. The Kier molecular flexibility index (Phi) is 10.7. The summed E-state index contributed by atoms with van der Waals surface area (Å²) in [4.78, 5) is 29.3. The van der Waals surface area contributed by atoms with Crippen molar-refractivity contribution in [3.8, 4) is 5.75 Å². The third kappa shape index (κ3) is 7.59. The van der Waals surface area contributed by atoms with E-state index in [9.17, 15) is 18.0 Å². The summed E-state index contributed by atoms with van der Waals surface area (Å²) in [5.74, 6) is -0.560. The van der Waals surface area contributed by atoms with Gasteiger partial charge in [0.25, 0.3) is 10.0 Å². The Morgan fingerprint density at radius 2 is 1.57 bits per heavy atom. The first-order valence-electron chi connectivity index (χ1n) is 14.1. The van der Waals surface area contributed by atoms with Gasteiger partial charge in [-0.2, -0.15) is 0 Å². The van der Waals surface area contributed by atoms with E-state index >= 15 is 0 Å². The molecule has 0 heterocycles. The second kappa shape index (κ2) is 14.4. The molecule has 230 valence electrons. The lowest BCUT2D eigenvalue weighted by molar-refractivity contribution is -0.139. The largest absolute Gasteiger partial charge is 0.495 e. The number of methoxy groups -OCH3 is 1. The topological polar surface area (TPSA) is 96.0 Å². The number of amides is 2. The maximum Gasteiger partial charge on any atom is 0.264 e. The predicted octanol–water partition coefficient (Wildman–Crippen LogP) is 5.55. The lowest BCUT2D eigenvalue weighted by Crippen LogP contribution is -2.53. The molecular formula is C34H36ClN3O5S. The van der Waals surface area contributed by atoms with E-state index in [1.165, 1.54) is 43.3 Å². The summed E-state index contributed by atoms with van der Waals surface area (Å²) in [5, 5.41) is 2.88. The van der Waals surface area contributed by atoms with Crippen molar-refractivity contribution in [3.63, 3.8) is 0 Å². The molecule has 44 heavy (non-hydrogen) atoms. The van der Waals surface area contributed by atoms with Crippen molar-refractivity contribution in [2.45, 2.75) is 37.8 Å². The van der Waals surface area contributed by atoms with E-state index in [0.717, 1.165) is 26.6 Å². The molecule has 10 heteroatoms. The fourth-order valence-electron chi connectivity index (χ4n) is 4.87. The van der Waals surface area contributed by atoms with Gasteiger partial charge in [0.05, 0.1) is 22.7 Å². The zero-order valence-corrected chi connectivity index (χ0v) is 26.7. The van der Waals surface area contributed by atoms with Crippen LogP contribution in [0, 0.1) is 13.8 Å². The van der Waals surface area contributed by atoms with Gasteiger partial charge >= 0.3 is 0 Å². The number of ether oxygens (including phenoxy) is 1. The summed E-state index contributed by atoms with van der Waals surface area (Å²) in [5.41, 5.74) is 3.70. The van der Waals surface area contributed by atoms with Crippen molar-refractivity contribution in [1.82, 2.24) is 10.2 Å². The van der Waals surface area contributed by atoms with Gasteiger partial charge in [0.15, 0.2) is 0 Å². The summed E-state index contributed by atoms with van der Waals surface area (Å²) in [6.07, 6.45) is 0.233. The summed E-state index contributed by atoms with van der Waals surface area (Å²) in [7, 11) is -1.26. The smallest absolute Gasteiger partial charge is 0.264 e. The van der Waals surface area contributed by atoms with Crippen LogP contribution in [0.5, 0.6) is 5.75 Å². The number of anilines is 1. The van der Waals surface area contributed by atoms with Gasteiger partial charge in [-0.1, -0.05) is 83.9 Å². The molecule has 4 aromatic rings. The molecule has 2 amide bonds. The molecule has 0 fully saturated rings. The minimum Gasteiger partial charge on any atom is -0.495 e. The van der Waals surface area contributed by atoms with Crippen LogP contribution in [-0.2, 0) is 32.6 Å². The number of nitrogens with one attached hydrogen (secondary N) is 1. The van der Waals surface area contributed by atoms with Crippen LogP contribution in [0.25, 0.3) is 0 Å². The molecule has 0 aliphatic heterocycles. The second-order valence-electron chi connectivity index (χ2n) is 10.4.